The molecule has 0 aromatic rings. The molecule has 0 unspecified atom stereocenters. The normalized spacial score (nSPS) is 13.0. The molecule has 0 saturated heterocycles. The molecule has 0 spiro atoms. The Kier molecular flexibility index (Phi) is 8.01. The summed E-state index contributed by atoms with van der Waals surface area (Å²) >= 11 is 0. The van der Waals surface area contributed by atoms with Crippen LogP contribution < -0.4 is 0 Å². The third-order valence-electron chi connectivity index (χ3n) is 2.04. The largest absolute Gasteiger partial charge is 0.501 e. The standard InChI is InChI=1S/C13H19NO4/c1-6-18-8-7-10(2)11(13(15)17-5)9-12(14-3)16-4/h7-9H,3,6H2,1-2,4-5H3/b8-7+,11-10-,12-9+. The summed E-state index contributed by atoms with van der Waals surface area (Å²) in [4.78, 5) is 15.3. The van der Waals surface area contributed by atoms with Crippen LogP contribution in [0.25, 0.3) is 0 Å². The molecule has 0 radical (unpaired) electrons. The average molecular weight is 253 g/mol. The molecular formula is C13H19NO4. The fourth-order valence-electron chi connectivity index (χ4n) is 1.07. The lowest BCUT2D eigenvalue weighted by molar-refractivity contribution is -0.135. The smallest absolute Gasteiger partial charge is 0.338 e. The molecule has 5 nitrogen and oxygen atoms in total. The molecule has 100 valence electrons. The van der Waals surface area contributed by atoms with Gasteiger partial charge in [0.2, 0.25) is 5.88 Å². The topological polar surface area (TPSA) is 57.1 Å². The van der Waals surface area contributed by atoms with E-state index >= 15 is 0 Å². The van der Waals surface area contributed by atoms with Gasteiger partial charge in [-0.1, -0.05) is 0 Å². The highest BCUT2D eigenvalue weighted by Crippen LogP contribution is 2.13. The number of allylic oxidation sites excluding steroid dienone is 2. The molecule has 0 saturated carbocycles. The van der Waals surface area contributed by atoms with Gasteiger partial charge in [-0.25, -0.2) is 9.79 Å². The van der Waals surface area contributed by atoms with Gasteiger partial charge in [-0.3, -0.25) is 0 Å². The maximum absolute atomic E-state index is 11.6. The molecule has 0 aromatic carbocycles. The minimum Gasteiger partial charge on any atom is -0.501 e. The Bertz CT molecular complexity index is 380. The highest BCUT2D eigenvalue weighted by molar-refractivity contribution is 5.93. The van der Waals surface area contributed by atoms with Crippen LogP contribution in [-0.4, -0.2) is 33.5 Å². The zero-order valence-electron chi connectivity index (χ0n) is 11.2. The van der Waals surface area contributed by atoms with Crippen molar-refractivity contribution in [3.63, 3.8) is 0 Å². The van der Waals surface area contributed by atoms with Gasteiger partial charge in [-0.15, -0.1) is 0 Å². The summed E-state index contributed by atoms with van der Waals surface area (Å²) in [5, 5.41) is 0. The summed E-state index contributed by atoms with van der Waals surface area (Å²) in [5.74, 6) is -0.244. The van der Waals surface area contributed by atoms with Crippen LogP contribution in [0.2, 0.25) is 0 Å². The van der Waals surface area contributed by atoms with Gasteiger partial charge in [0, 0.05) is 6.08 Å². The molecular weight excluding hydrogens is 234 g/mol. The van der Waals surface area contributed by atoms with Crippen LogP contribution in [0.5, 0.6) is 0 Å². The van der Waals surface area contributed by atoms with Crippen molar-refractivity contribution in [3.05, 3.63) is 35.4 Å². The van der Waals surface area contributed by atoms with Gasteiger partial charge in [-0.05, 0) is 32.2 Å². The first-order valence-electron chi connectivity index (χ1n) is 5.40. The molecule has 0 atom stereocenters. The SMILES string of the molecule is C=N\C(=C/C(C(=O)OC)=C(C)/C=C/OCC)OC. The van der Waals surface area contributed by atoms with Gasteiger partial charge in [-0.2, -0.15) is 0 Å². The van der Waals surface area contributed by atoms with E-state index in [1.165, 1.54) is 26.6 Å². The molecule has 0 aliphatic heterocycles. The van der Waals surface area contributed by atoms with E-state index in [2.05, 4.69) is 11.7 Å². The number of aliphatic imine (C=N–C) groups is 1. The molecule has 0 fully saturated rings. The maximum atomic E-state index is 11.6. The lowest BCUT2D eigenvalue weighted by atomic mass is 10.1. The monoisotopic (exact) mass is 253 g/mol. The third-order valence-corrected chi connectivity index (χ3v) is 2.04. The number of ether oxygens (including phenoxy) is 3. The van der Waals surface area contributed by atoms with E-state index < -0.39 is 5.97 Å². The van der Waals surface area contributed by atoms with E-state index in [-0.39, 0.29) is 5.88 Å². The Morgan fingerprint density at radius 1 is 1.33 bits per heavy atom. The fraction of sp³-hybridized carbons (Fsp3) is 0.385. The summed E-state index contributed by atoms with van der Waals surface area (Å²) < 4.78 is 14.7. The number of methoxy groups -OCH3 is 2. The van der Waals surface area contributed by atoms with Crippen molar-refractivity contribution >= 4 is 12.7 Å². The molecule has 18 heavy (non-hydrogen) atoms. The molecule has 0 aliphatic rings. The van der Waals surface area contributed by atoms with E-state index in [1.807, 2.05) is 6.92 Å². The van der Waals surface area contributed by atoms with Crippen LogP contribution in [-0.2, 0) is 19.0 Å². The molecule has 0 bridgehead atoms. The van der Waals surface area contributed by atoms with E-state index in [4.69, 9.17) is 14.2 Å². The molecule has 0 aliphatic carbocycles. The molecule has 0 rings (SSSR count). The van der Waals surface area contributed by atoms with Crippen LogP contribution in [0, 0.1) is 0 Å². The van der Waals surface area contributed by atoms with Crippen LogP contribution in [0.15, 0.2) is 40.4 Å². The average Bonchev–Trinajstić information content (AvgIpc) is 2.39. The minimum absolute atomic E-state index is 0.236. The first-order valence-corrected chi connectivity index (χ1v) is 5.40. The lowest BCUT2D eigenvalue weighted by Crippen LogP contribution is -2.05. The van der Waals surface area contributed by atoms with Gasteiger partial charge in [0.15, 0.2) is 0 Å². The van der Waals surface area contributed by atoms with Gasteiger partial charge < -0.3 is 14.2 Å². The lowest BCUT2D eigenvalue weighted by Gasteiger charge is -2.05. The zero-order valence-corrected chi connectivity index (χ0v) is 11.2. The minimum atomic E-state index is -0.480. The van der Waals surface area contributed by atoms with E-state index in [0.29, 0.717) is 17.8 Å². The number of hydrogen-bond acceptors (Lipinski definition) is 5. The van der Waals surface area contributed by atoms with Crippen LogP contribution in [0.4, 0.5) is 0 Å². The Morgan fingerprint density at radius 2 is 2.00 bits per heavy atom. The van der Waals surface area contributed by atoms with Crippen molar-refractivity contribution in [3.8, 4) is 0 Å². The first kappa shape index (κ1) is 16.0. The fourth-order valence-corrected chi connectivity index (χ4v) is 1.07. The molecule has 0 amide bonds. The van der Waals surface area contributed by atoms with Gasteiger partial charge in [0.25, 0.3) is 0 Å². The number of rotatable bonds is 7. The maximum Gasteiger partial charge on any atom is 0.338 e. The van der Waals surface area contributed by atoms with Gasteiger partial charge in [0.05, 0.1) is 32.7 Å². The second kappa shape index (κ2) is 9.04. The van der Waals surface area contributed by atoms with E-state index in [0.717, 1.165) is 0 Å². The van der Waals surface area contributed by atoms with Crippen molar-refractivity contribution in [1.82, 2.24) is 0 Å². The van der Waals surface area contributed by atoms with Crippen molar-refractivity contribution in [1.29, 1.82) is 0 Å². The van der Waals surface area contributed by atoms with E-state index in [1.54, 1.807) is 13.0 Å². The Morgan fingerprint density at radius 3 is 2.44 bits per heavy atom. The predicted octanol–water partition coefficient (Wildman–Crippen LogP) is 2.21. The number of hydrogen-bond donors (Lipinski definition) is 0. The zero-order chi connectivity index (χ0) is 14.0. The summed E-state index contributed by atoms with van der Waals surface area (Å²) in [7, 11) is 2.75. The highest BCUT2D eigenvalue weighted by atomic mass is 16.5. The first-order chi connectivity index (χ1) is 8.60. The van der Waals surface area contributed by atoms with Crippen LogP contribution >= 0.6 is 0 Å². The van der Waals surface area contributed by atoms with Crippen molar-refractivity contribution in [2.45, 2.75) is 13.8 Å². The number of carbonyl (C=O) groups excluding carboxylic acids is 1. The predicted molar refractivity (Wildman–Crippen MR) is 70.1 cm³/mol. The summed E-state index contributed by atoms with van der Waals surface area (Å²) in [6, 6.07) is 0. The van der Waals surface area contributed by atoms with Gasteiger partial charge >= 0.3 is 5.97 Å². The second-order valence-electron chi connectivity index (χ2n) is 3.19. The Labute approximate surface area is 107 Å². The molecule has 0 heterocycles. The molecule has 0 aromatic heterocycles. The molecule has 0 N–H and O–H groups in total. The third kappa shape index (κ3) is 5.34. The Balaban J connectivity index is 5.33. The van der Waals surface area contributed by atoms with Crippen molar-refractivity contribution < 1.29 is 19.0 Å². The van der Waals surface area contributed by atoms with Crippen molar-refractivity contribution in [2.24, 2.45) is 4.99 Å². The number of esters is 1. The summed E-state index contributed by atoms with van der Waals surface area (Å²) in [6.45, 7) is 7.53. The summed E-state index contributed by atoms with van der Waals surface area (Å²) in [6.07, 6.45) is 4.65. The van der Waals surface area contributed by atoms with Crippen LogP contribution in [0.1, 0.15) is 13.8 Å². The molecule has 5 heteroatoms. The van der Waals surface area contributed by atoms with Crippen LogP contribution in [0.3, 0.4) is 0 Å². The highest BCUT2D eigenvalue weighted by Gasteiger charge is 2.11. The van der Waals surface area contributed by atoms with Gasteiger partial charge in [0.1, 0.15) is 0 Å². The number of carbonyl (C=O) groups is 1. The summed E-state index contributed by atoms with van der Waals surface area (Å²) in [5.41, 5.74) is 1.01. The quantitative estimate of drug-likeness (QED) is 0.229. The van der Waals surface area contributed by atoms with Crippen molar-refractivity contribution in [2.75, 3.05) is 20.8 Å². The van der Waals surface area contributed by atoms with E-state index in [9.17, 15) is 4.79 Å². The number of nitrogens with zero attached hydrogens (tertiary/aromatic N) is 1. The Hall–Kier alpha value is -2.04. The second-order valence-corrected chi connectivity index (χ2v) is 3.19.